The van der Waals surface area contributed by atoms with Crippen LogP contribution >= 0.6 is 0 Å². The Labute approximate surface area is 155 Å². The molecule has 2 heterocycles. The second-order valence-electron chi connectivity index (χ2n) is 5.93. The van der Waals surface area contributed by atoms with Gasteiger partial charge in [-0.25, -0.2) is 0 Å². The average Bonchev–Trinajstić information content (AvgIpc) is 3.19. The van der Waals surface area contributed by atoms with E-state index in [1.165, 1.54) is 11.7 Å². The summed E-state index contributed by atoms with van der Waals surface area (Å²) in [6, 6.07) is 21.1. The predicted molar refractivity (Wildman–Crippen MR) is 102 cm³/mol. The molecule has 0 bridgehead atoms. The summed E-state index contributed by atoms with van der Waals surface area (Å²) < 4.78 is 0. The minimum Gasteiger partial charge on any atom is -0.326 e. The molecule has 2 aromatic carbocycles. The first kappa shape index (κ1) is 16.6. The first-order valence-corrected chi connectivity index (χ1v) is 8.39. The van der Waals surface area contributed by atoms with Gasteiger partial charge in [0.2, 0.25) is 11.7 Å². The Balaban J connectivity index is 1.61. The molecule has 27 heavy (non-hydrogen) atoms. The van der Waals surface area contributed by atoms with Gasteiger partial charge in [-0.2, -0.15) is 0 Å². The second-order valence-corrected chi connectivity index (χ2v) is 5.93. The number of nitrogens with zero attached hydrogens (tertiary/aromatic N) is 5. The van der Waals surface area contributed by atoms with Crippen molar-refractivity contribution in [2.24, 2.45) is 0 Å². The van der Waals surface area contributed by atoms with Crippen molar-refractivity contribution in [3.05, 3.63) is 72.9 Å². The largest absolute Gasteiger partial charge is 0.326 e. The number of anilines is 1. The Bertz CT molecular complexity index is 1070. The lowest BCUT2D eigenvalue weighted by Crippen LogP contribution is -2.05. The van der Waals surface area contributed by atoms with Crippen molar-refractivity contribution in [2.45, 2.75) is 6.92 Å². The summed E-state index contributed by atoms with van der Waals surface area (Å²) >= 11 is 0. The van der Waals surface area contributed by atoms with Crippen LogP contribution in [0.2, 0.25) is 0 Å². The highest BCUT2D eigenvalue weighted by Crippen LogP contribution is 2.23. The van der Waals surface area contributed by atoms with E-state index >= 15 is 0 Å². The van der Waals surface area contributed by atoms with Gasteiger partial charge in [-0.1, -0.05) is 30.3 Å². The molecule has 1 N–H and O–H groups in total. The van der Waals surface area contributed by atoms with Gasteiger partial charge < -0.3 is 5.32 Å². The van der Waals surface area contributed by atoms with E-state index in [-0.39, 0.29) is 5.91 Å². The highest BCUT2D eigenvalue weighted by Gasteiger charge is 2.09. The third kappa shape index (κ3) is 3.72. The number of aromatic nitrogens is 5. The third-order valence-corrected chi connectivity index (χ3v) is 3.92. The molecule has 0 spiro atoms. The maximum Gasteiger partial charge on any atom is 0.223 e. The third-order valence-electron chi connectivity index (χ3n) is 3.92. The SMILES string of the molecule is CC(=O)Nc1ccc(-c2cccc(-n3nnc(-c4ccccn4)n3)c2)cc1. The summed E-state index contributed by atoms with van der Waals surface area (Å²) in [5.74, 6) is 0.381. The maximum absolute atomic E-state index is 11.1. The molecule has 4 rings (SSSR count). The van der Waals surface area contributed by atoms with E-state index in [2.05, 4.69) is 25.7 Å². The molecule has 7 nitrogen and oxygen atoms in total. The highest BCUT2D eigenvalue weighted by atomic mass is 16.1. The van der Waals surface area contributed by atoms with Crippen LogP contribution < -0.4 is 5.32 Å². The van der Waals surface area contributed by atoms with Gasteiger partial charge in [-0.15, -0.1) is 15.0 Å². The van der Waals surface area contributed by atoms with E-state index < -0.39 is 0 Å². The number of hydrogen-bond acceptors (Lipinski definition) is 5. The van der Waals surface area contributed by atoms with Crippen LogP contribution in [0.4, 0.5) is 5.69 Å². The van der Waals surface area contributed by atoms with Crippen molar-refractivity contribution in [3.8, 4) is 28.3 Å². The number of nitrogens with one attached hydrogen (secondary N) is 1. The lowest BCUT2D eigenvalue weighted by molar-refractivity contribution is -0.114. The van der Waals surface area contributed by atoms with Crippen LogP contribution in [0.5, 0.6) is 0 Å². The number of pyridine rings is 1. The minimum atomic E-state index is -0.0919. The first-order valence-electron chi connectivity index (χ1n) is 8.39. The molecule has 0 aliphatic carbocycles. The molecule has 0 fully saturated rings. The van der Waals surface area contributed by atoms with Gasteiger partial charge in [0.05, 0.1) is 5.69 Å². The molecule has 1 amide bonds. The molecule has 2 aromatic heterocycles. The van der Waals surface area contributed by atoms with Crippen molar-refractivity contribution in [2.75, 3.05) is 5.32 Å². The van der Waals surface area contributed by atoms with Crippen LogP contribution in [-0.4, -0.2) is 31.1 Å². The van der Waals surface area contributed by atoms with Gasteiger partial charge in [0.15, 0.2) is 0 Å². The molecule has 132 valence electrons. The van der Waals surface area contributed by atoms with Gasteiger partial charge in [0.1, 0.15) is 5.69 Å². The molecule has 0 aliphatic rings. The number of tetrazole rings is 1. The van der Waals surface area contributed by atoms with Crippen LogP contribution in [0.25, 0.3) is 28.3 Å². The van der Waals surface area contributed by atoms with Gasteiger partial charge in [-0.3, -0.25) is 9.78 Å². The van der Waals surface area contributed by atoms with Gasteiger partial charge in [-0.05, 0) is 52.7 Å². The topological polar surface area (TPSA) is 85.6 Å². The summed E-state index contributed by atoms with van der Waals surface area (Å²) in [4.78, 5) is 16.9. The number of carbonyl (C=O) groups excluding carboxylic acids is 1. The zero-order valence-electron chi connectivity index (χ0n) is 14.6. The summed E-state index contributed by atoms with van der Waals surface area (Å²) in [6.07, 6.45) is 1.70. The Kier molecular flexibility index (Phi) is 4.40. The predicted octanol–water partition coefficient (Wildman–Crippen LogP) is 3.35. The van der Waals surface area contributed by atoms with E-state index in [0.29, 0.717) is 11.5 Å². The van der Waals surface area contributed by atoms with Crippen molar-refractivity contribution < 1.29 is 4.79 Å². The fourth-order valence-corrected chi connectivity index (χ4v) is 2.68. The van der Waals surface area contributed by atoms with Gasteiger partial charge in [0, 0.05) is 18.8 Å². The lowest BCUT2D eigenvalue weighted by atomic mass is 10.0. The van der Waals surface area contributed by atoms with Gasteiger partial charge in [0.25, 0.3) is 0 Å². The fraction of sp³-hybridized carbons (Fsp3) is 0.0500. The smallest absolute Gasteiger partial charge is 0.223 e. The van der Waals surface area contributed by atoms with Crippen LogP contribution in [0.15, 0.2) is 72.9 Å². The Morgan fingerprint density at radius 2 is 1.81 bits per heavy atom. The van der Waals surface area contributed by atoms with Crippen LogP contribution in [-0.2, 0) is 4.79 Å². The summed E-state index contributed by atoms with van der Waals surface area (Å²) in [6.45, 7) is 1.49. The molecular weight excluding hydrogens is 340 g/mol. The van der Waals surface area contributed by atoms with E-state index in [1.54, 1.807) is 6.20 Å². The second kappa shape index (κ2) is 7.17. The molecule has 7 heteroatoms. The van der Waals surface area contributed by atoms with Crippen LogP contribution in [0.3, 0.4) is 0 Å². The first-order chi connectivity index (χ1) is 13.2. The standard InChI is InChI=1S/C20H16N6O/c1-14(27)22-17-10-8-15(9-11-17)16-5-4-6-18(13-16)26-24-20(23-25-26)19-7-2-3-12-21-19/h2-13H,1H3,(H,22,27). The van der Waals surface area contributed by atoms with Crippen molar-refractivity contribution in [1.29, 1.82) is 0 Å². The van der Waals surface area contributed by atoms with E-state index in [4.69, 9.17) is 0 Å². The number of carbonyl (C=O) groups is 1. The number of rotatable bonds is 4. The van der Waals surface area contributed by atoms with Crippen molar-refractivity contribution in [3.63, 3.8) is 0 Å². The van der Waals surface area contributed by atoms with Crippen molar-refractivity contribution in [1.82, 2.24) is 25.2 Å². The van der Waals surface area contributed by atoms with Crippen LogP contribution in [0, 0.1) is 0 Å². The molecule has 0 saturated heterocycles. The lowest BCUT2D eigenvalue weighted by Gasteiger charge is -2.06. The Morgan fingerprint density at radius 3 is 2.56 bits per heavy atom. The molecule has 0 atom stereocenters. The molecule has 4 aromatic rings. The fourth-order valence-electron chi connectivity index (χ4n) is 2.68. The molecule has 0 aliphatic heterocycles. The van der Waals surface area contributed by atoms with E-state index in [0.717, 1.165) is 22.5 Å². The highest BCUT2D eigenvalue weighted by molar-refractivity contribution is 5.89. The quantitative estimate of drug-likeness (QED) is 0.606. The van der Waals surface area contributed by atoms with Gasteiger partial charge >= 0.3 is 0 Å². The van der Waals surface area contributed by atoms with E-state index in [1.807, 2.05) is 66.7 Å². The minimum absolute atomic E-state index is 0.0919. The number of amides is 1. The molecule has 0 unspecified atom stereocenters. The summed E-state index contributed by atoms with van der Waals surface area (Å²) in [5.41, 5.74) is 4.27. The number of hydrogen-bond donors (Lipinski definition) is 1. The zero-order valence-corrected chi connectivity index (χ0v) is 14.6. The Hall–Kier alpha value is -3.87. The normalized spacial score (nSPS) is 10.6. The average molecular weight is 356 g/mol. The maximum atomic E-state index is 11.1. The Morgan fingerprint density at radius 1 is 0.963 bits per heavy atom. The zero-order chi connectivity index (χ0) is 18.6. The molecule has 0 radical (unpaired) electrons. The van der Waals surface area contributed by atoms with E-state index in [9.17, 15) is 4.79 Å². The molecular formula is C20H16N6O. The number of benzene rings is 2. The van der Waals surface area contributed by atoms with Crippen molar-refractivity contribution >= 4 is 11.6 Å². The summed E-state index contributed by atoms with van der Waals surface area (Å²) in [5, 5.41) is 15.4. The summed E-state index contributed by atoms with van der Waals surface area (Å²) in [7, 11) is 0. The monoisotopic (exact) mass is 356 g/mol. The molecule has 0 saturated carbocycles. The van der Waals surface area contributed by atoms with Crippen LogP contribution in [0.1, 0.15) is 6.92 Å².